The number of amides is 1. The molecule has 1 heterocycles. The number of benzene rings is 2. The second-order valence-corrected chi connectivity index (χ2v) is 7.68. The van der Waals surface area contributed by atoms with Crippen LogP contribution in [-0.2, 0) is 11.2 Å². The van der Waals surface area contributed by atoms with Crippen LogP contribution < -0.4 is 19.5 Å². The van der Waals surface area contributed by atoms with Crippen molar-refractivity contribution in [2.75, 3.05) is 26.6 Å². The fourth-order valence-electron chi connectivity index (χ4n) is 3.12. The lowest BCUT2D eigenvalue weighted by Crippen LogP contribution is -2.12. The Morgan fingerprint density at radius 1 is 1.03 bits per heavy atom. The number of hydrogen-bond acceptors (Lipinski definition) is 6. The van der Waals surface area contributed by atoms with Gasteiger partial charge in [0, 0.05) is 16.9 Å². The topological polar surface area (TPSA) is 69.7 Å². The van der Waals surface area contributed by atoms with Crippen LogP contribution >= 0.6 is 11.3 Å². The van der Waals surface area contributed by atoms with E-state index in [-0.39, 0.29) is 18.1 Å². The van der Waals surface area contributed by atoms with E-state index in [0.717, 1.165) is 21.7 Å². The summed E-state index contributed by atoms with van der Waals surface area (Å²) in [5, 5.41) is 3.35. The van der Waals surface area contributed by atoms with Gasteiger partial charge in [0.2, 0.25) is 11.7 Å². The van der Waals surface area contributed by atoms with Crippen molar-refractivity contribution in [3.8, 4) is 28.5 Å². The molecule has 158 valence electrons. The van der Waals surface area contributed by atoms with Crippen molar-refractivity contribution in [2.24, 2.45) is 0 Å². The predicted molar refractivity (Wildman–Crippen MR) is 115 cm³/mol. The van der Waals surface area contributed by atoms with E-state index >= 15 is 0 Å². The number of carbonyl (C=O) groups is 1. The largest absolute Gasteiger partial charge is 0.493 e. The van der Waals surface area contributed by atoms with Gasteiger partial charge in [-0.05, 0) is 49.2 Å². The van der Waals surface area contributed by atoms with Gasteiger partial charge in [-0.3, -0.25) is 4.79 Å². The number of anilines is 1. The third-order valence-electron chi connectivity index (χ3n) is 4.57. The molecule has 0 saturated carbocycles. The molecule has 0 bridgehead atoms. The lowest BCUT2D eigenvalue weighted by Gasteiger charge is -2.15. The first-order valence-corrected chi connectivity index (χ1v) is 10.1. The number of aryl methyl sites for hydroxylation is 2. The van der Waals surface area contributed by atoms with Crippen LogP contribution in [0.2, 0.25) is 0 Å². The van der Waals surface area contributed by atoms with E-state index in [1.807, 2.05) is 13.0 Å². The Morgan fingerprint density at radius 3 is 2.37 bits per heavy atom. The van der Waals surface area contributed by atoms with E-state index in [0.29, 0.717) is 28.8 Å². The number of methoxy groups -OCH3 is 3. The molecule has 1 aromatic heterocycles. The van der Waals surface area contributed by atoms with Gasteiger partial charge in [0.25, 0.3) is 0 Å². The second kappa shape index (κ2) is 9.58. The normalized spacial score (nSPS) is 10.6. The summed E-state index contributed by atoms with van der Waals surface area (Å²) in [5.41, 5.74) is 2.38. The first kappa shape index (κ1) is 21.6. The molecule has 3 aromatic rings. The Labute approximate surface area is 178 Å². The molecule has 0 radical (unpaired) electrons. The Bertz CT molecular complexity index is 1030. The highest BCUT2D eigenvalue weighted by molar-refractivity contribution is 7.16. The molecule has 8 heteroatoms. The maximum atomic E-state index is 13.2. The van der Waals surface area contributed by atoms with Gasteiger partial charge in [-0.15, -0.1) is 11.3 Å². The number of nitrogens with zero attached hydrogens (tertiary/aromatic N) is 1. The van der Waals surface area contributed by atoms with Crippen molar-refractivity contribution in [3.63, 3.8) is 0 Å². The Morgan fingerprint density at radius 2 is 1.73 bits per heavy atom. The molecule has 0 aliphatic carbocycles. The third-order valence-corrected chi connectivity index (χ3v) is 5.45. The zero-order valence-corrected chi connectivity index (χ0v) is 18.1. The summed E-state index contributed by atoms with van der Waals surface area (Å²) in [7, 11) is 4.65. The highest BCUT2D eigenvalue weighted by Crippen LogP contribution is 2.40. The van der Waals surface area contributed by atoms with E-state index in [9.17, 15) is 9.18 Å². The van der Waals surface area contributed by atoms with Crippen LogP contribution in [0.5, 0.6) is 17.2 Å². The van der Waals surface area contributed by atoms with Gasteiger partial charge < -0.3 is 19.5 Å². The number of nitrogens with one attached hydrogen (secondary N) is 1. The van der Waals surface area contributed by atoms with Gasteiger partial charge in [0.15, 0.2) is 16.6 Å². The fraction of sp³-hybridized carbons (Fsp3) is 0.273. The van der Waals surface area contributed by atoms with E-state index in [2.05, 4.69) is 10.3 Å². The minimum Gasteiger partial charge on any atom is -0.493 e. The maximum absolute atomic E-state index is 13.2. The van der Waals surface area contributed by atoms with E-state index < -0.39 is 0 Å². The number of halogens is 1. The molecule has 0 aliphatic rings. The quantitative estimate of drug-likeness (QED) is 0.553. The number of hydrogen-bond donors (Lipinski definition) is 1. The summed E-state index contributed by atoms with van der Waals surface area (Å²) in [4.78, 5) is 17.9. The fourth-order valence-corrected chi connectivity index (χ4v) is 3.97. The molecule has 0 fully saturated rings. The molecule has 0 atom stereocenters. The van der Waals surface area contributed by atoms with E-state index in [4.69, 9.17) is 14.2 Å². The third kappa shape index (κ3) is 4.71. The minimum atomic E-state index is -0.300. The second-order valence-electron chi connectivity index (χ2n) is 6.47. The summed E-state index contributed by atoms with van der Waals surface area (Å²) >= 11 is 1.38. The van der Waals surface area contributed by atoms with Crippen LogP contribution in [-0.4, -0.2) is 32.2 Å². The van der Waals surface area contributed by atoms with E-state index in [1.165, 1.54) is 23.5 Å². The smallest absolute Gasteiger partial charge is 0.226 e. The summed E-state index contributed by atoms with van der Waals surface area (Å²) in [6.07, 6.45) is 0.709. The average Bonchev–Trinajstić information content (AvgIpc) is 3.11. The molecule has 0 saturated heterocycles. The summed E-state index contributed by atoms with van der Waals surface area (Å²) in [6.45, 7) is 1.92. The molecule has 0 spiro atoms. The van der Waals surface area contributed by atoms with Crippen LogP contribution in [0.4, 0.5) is 9.52 Å². The van der Waals surface area contributed by atoms with Crippen molar-refractivity contribution >= 4 is 22.4 Å². The molecule has 0 unspecified atom stereocenters. The van der Waals surface area contributed by atoms with Crippen LogP contribution in [0.25, 0.3) is 11.3 Å². The van der Waals surface area contributed by atoms with Crippen LogP contribution in [0, 0.1) is 12.7 Å². The Hall–Kier alpha value is -3.13. The highest BCUT2D eigenvalue weighted by Gasteiger charge is 2.17. The molecule has 0 aliphatic heterocycles. The number of rotatable bonds is 8. The molecule has 6 nitrogen and oxygen atoms in total. The number of thiazole rings is 1. The van der Waals surface area contributed by atoms with Gasteiger partial charge in [-0.25, -0.2) is 9.37 Å². The van der Waals surface area contributed by atoms with Gasteiger partial charge >= 0.3 is 0 Å². The van der Waals surface area contributed by atoms with Gasteiger partial charge in [0.1, 0.15) is 5.82 Å². The zero-order valence-electron chi connectivity index (χ0n) is 17.2. The van der Waals surface area contributed by atoms with Crippen molar-refractivity contribution in [2.45, 2.75) is 19.8 Å². The molecule has 3 rings (SSSR count). The Balaban J connectivity index is 1.68. The maximum Gasteiger partial charge on any atom is 0.226 e. The van der Waals surface area contributed by atoms with Crippen molar-refractivity contribution in [3.05, 3.63) is 52.7 Å². The molecule has 30 heavy (non-hydrogen) atoms. The van der Waals surface area contributed by atoms with E-state index in [1.54, 1.807) is 39.5 Å². The average molecular weight is 431 g/mol. The van der Waals surface area contributed by atoms with Crippen molar-refractivity contribution < 1.29 is 23.4 Å². The molecular formula is C22H23FN2O4S. The summed E-state index contributed by atoms with van der Waals surface area (Å²) in [5.74, 6) is 1.15. The SMILES string of the molecule is COc1ccc(CCC(=O)Nc2nc(-c3ccc(F)cc3)c(C)s2)c(OC)c1OC. The van der Waals surface area contributed by atoms with Crippen LogP contribution in [0.3, 0.4) is 0 Å². The number of ether oxygens (including phenoxy) is 3. The van der Waals surface area contributed by atoms with Crippen molar-refractivity contribution in [1.29, 1.82) is 0 Å². The van der Waals surface area contributed by atoms with Crippen LogP contribution in [0.1, 0.15) is 16.9 Å². The lowest BCUT2D eigenvalue weighted by molar-refractivity contribution is -0.116. The van der Waals surface area contributed by atoms with Crippen molar-refractivity contribution in [1.82, 2.24) is 4.98 Å². The summed E-state index contributed by atoms with van der Waals surface area (Å²) in [6, 6.07) is 9.77. The zero-order chi connectivity index (χ0) is 21.7. The Kier molecular flexibility index (Phi) is 6.89. The van der Waals surface area contributed by atoms with Gasteiger partial charge in [0.05, 0.1) is 27.0 Å². The highest BCUT2D eigenvalue weighted by atomic mass is 32.1. The molecular weight excluding hydrogens is 407 g/mol. The minimum absolute atomic E-state index is 0.161. The standard InChI is InChI=1S/C22H23FN2O4S/c1-13-19(14-5-9-16(23)10-6-14)25-22(30-13)24-18(26)12-8-15-7-11-17(27-2)21(29-4)20(15)28-3/h5-7,9-11H,8,12H2,1-4H3,(H,24,25,26). The lowest BCUT2D eigenvalue weighted by atomic mass is 10.1. The predicted octanol–water partition coefficient (Wildman–Crippen LogP) is 4.85. The first-order chi connectivity index (χ1) is 14.5. The van der Waals surface area contributed by atoms with Gasteiger partial charge in [-0.2, -0.15) is 0 Å². The number of aromatic nitrogens is 1. The first-order valence-electron chi connectivity index (χ1n) is 9.27. The molecule has 1 N–H and O–H groups in total. The molecule has 1 amide bonds. The number of carbonyl (C=O) groups excluding carboxylic acids is 1. The summed E-state index contributed by atoms with van der Waals surface area (Å²) < 4.78 is 29.3. The van der Waals surface area contributed by atoms with Crippen LogP contribution in [0.15, 0.2) is 36.4 Å². The van der Waals surface area contributed by atoms with Gasteiger partial charge in [-0.1, -0.05) is 6.07 Å². The molecule has 2 aromatic carbocycles. The monoisotopic (exact) mass is 430 g/mol.